The minimum Gasteiger partial charge on any atom is -0.481 e. The lowest BCUT2D eigenvalue weighted by Crippen LogP contribution is -2.46. The highest BCUT2D eigenvalue weighted by molar-refractivity contribution is 7.89. The molecule has 8 heteroatoms. The number of anilines is 1. The van der Waals surface area contributed by atoms with Gasteiger partial charge in [0.05, 0.1) is 4.90 Å². The molecule has 1 amide bonds. The number of carbonyl (C=O) groups excluding carboxylic acids is 1. The Morgan fingerprint density at radius 1 is 1.03 bits per heavy atom. The molecular weight excluding hydrogens is 390 g/mol. The zero-order chi connectivity index (χ0) is 20.9. The summed E-state index contributed by atoms with van der Waals surface area (Å²) >= 11 is 0. The summed E-state index contributed by atoms with van der Waals surface area (Å²) in [5.41, 5.74) is 0.530. The van der Waals surface area contributed by atoms with Crippen molar-refractivity contribution in [3.63, 3.8) is 0 Å². The molecule has 156 valence electrons. The van der Waals surface area contributed by atoms with Crippen molar-refractivity contribution >= 4 is 21.6 Å². The van der Waals surface area contributed by atoms with Gasteiger partial charge in [-0.3, -0.25) is 4.79 Å². The van der Waals surface area contributed by atoms with E-state index in [1.165, 1.54) is 16.4 Å². The maximum atomic E-state index is 12.8. The molecule has 1 heterocycles. The largest absolute Gasteiger partial charge is 0.481 e. The lowest BCUT2D eigenvalue weighted by molar-refractivity contribution is -0.122. The second kappa shape index (κ2) is 9.39. The maximum Gasteiger partial charge on any atom is 0.265 e. The average molecular weight is 418 g/mol. The van der Waals surface area contributed by atoms with E-state index in [9.17, 15) is 13.2 Å². The topological polar surface area (TPSA) is 78.9 Å². The van der Waals surface area contributed by atoms with E-state index in [2.05, 4.69) is 10.2 Å². The minimum absolute atomic E-state index is 0.229. The molecule has 0 saturated carbocycles. The van der Waals surface area contributed by atoms with Crippen molar-refractivity contribution in [3.8, 4) is 5.75 Å². The Bertz CT molecular complexity index is 909. The van der Waals surface area contributed by atoms with Crippen LogP contribution in [0.15, 0.2) is 59.5 Å². The number of likely N-dealkylation sites (N-methyl/N-ethyl adjacent to an activating group) is 1. The van der Waals surface area contributed by atoms with Crippen molar-refractivity contribution in [2.24, 2.45) is 0 Å². The molecule has 0 unspecified atom stereocenters. The molecule has 2 aromatic carbocycles. The van der Waals surface area contributed by atoms with Crippen molar-refractivity contribution in [2.45, 2.75) is 24.3 Å². The first kappa shape index (κ1) is 21.3. The quantitative estimate of drug-likeness (QED) is 0.749. The van der Waals surface area contributed by atoms with Crippen LogP contribution < -0.4 is 10.1 Å². The normalized spacial score (nSPS) is 16.9. The van der Waals surface area contributed by atoms with Gasteiger partial charge in [0.25, 0.3) is 5.91 Å². The van der Waals surface area contributed by atoms with E-state index in [0.29, 0.717) is 44.0 Å². The number of amides is 1. The molecule has 2 aromatic rings. The van der Waals surface area contributed by atoms with E-state index in [4.69, 9.17) is 4.74 Å². The van der Waals surface area contributed by atoms with Gasteiger partial charge < -0.3 is 15.0 Å². The highest BCUT2D eigenvalue weighted by Gasteiger charge is 2.27. The summed E-state index contributed by atoms with van der Waals surface area (Å²) in [6, 6.07) is 15.4. The van der Waals surface area contributed by atoms with E-state index in [0.717, 1.165) is 0 Å². The summed E-state index contributed by atoms with van der Waals surface area (Å²) < 4.78 is 32.8. The fraction of sp³-hybridized carbons (Fsp3) is 0.381. The fourth-order valence-electron chi connectivity index (χ4n) is 3.10. The van der Waals surface area contributed by atoms with Crippen molar-refractivity contribution in [2.75, 3.05) is 38.5 Å². The number of nitrogens with one attached hydrogen (secondary N) is 1. The SMILES string of the molecule is CC[C@H](Oc1ccccc1)C(=O)Nc1ccc(S(=O)(=O)N2CCN(C)CC2)cc1. The number of hydrogen-bond acceptors (Lipinski definition) is 5. The zero-order valence-corrected chi connectivity index (χ0v) is 17.6. The van der Waals surface area contributed by atoms with E-state index in [1.54, 1.807) is 24.3 Å². The van der Waals surface area contributed by atoms with Crippen LogP contribution in [-0.4, -0.2) is 62.9 Å². The predicted molar refractivity (Wildman–Crippen MR) is 112 cm³/mol. The zero-order valence-electron chi connectivity index (χ0n) is 16.7. The molecule has 0 bridgehead atoms. The molecule has 7 nitrogen and oxygen atoms in total. The van der Waals surface area contributed by atoms with Crippen molar-refractivity contribution < 1.29 is 17.9 Å². The summed E-state index contributed by atoms with van der Waals surface area (Å²) in [4.78, 5) is 14.9. The number of nitrogens with zero attached hydrogens (tertiary/aromatic N) is 2. The number of sulfonamides is 1. The molecule has 1 aliphatic rings. The molecule has 0 aromatic heterocycles. The van der Waals surface area contributed by atoms with Gasteiger partial charge in [-0.15, -0.1) is 0 Å². The Balaban J connectivity index is 1.64. The number of carbonyl (C=O) groups is 1. The smallest absolute Gasteiger partial charge is 0.265 e. The van der Waals surface area contributed by atoms with Crippen LogP contribution >= 0.6 is 0 Å². The lowest BCUT2D eigenvalue weighted by Gasteiger charge is -2.31. The van der Waals surface area contributed by atoms with Crippen LogP contribution in [0.4, 0.5) is 5.69 Å². The van der Waals surface area contributed by atoms with Gasteiger partial charge in [-0.2, -0.15) is 4.31 Å². The standard InChI is InChI=1S/C21H27N3O4S/c1-3-20(28-18-7-5-4-6-8-18)21(25)22-17-9-11-19(12-10-17)29(26,27)24-15-13-23(2)14-16-24/h4-12,20H,3,13-16H2,1-2H3,(H,22,25)/t20-/m0/s1. The third-order valence-corrected chi connectivity index (χ3v) is 6.82. The number of ether oxygens (including phenoxy) is 1. The van der Waals surface area contributed by atoms with Crippen LogP contribution in [0.2, 0.25) is 0 Å². The minimum atomic E-state index is -3.52. The fourth-order valence-corrected chi connectivity index (χ4v) is 4.52. The highest BCUT2D eigenvalue weighted by Crippen LogP contribution is 2.20. The Labute approximate surface area is 172 Å². The Kier molecular flexibility index (Phi) is 6.89. The van der Waals surface area contributed by atoms with Crippen LogP contribution in [-0.2, 0) is 14.8 Å². The molecule has 3 rings (SSSR count). The van der Waals surface area contributed by atoms with Crippen LogP contribution in [0.25, 0.3) is 0 Å². The first-order chi connectivity index (χ1) is 13.9. The van der Waals surface area contributed by atoms with Gasteiger partial charge >= 0.3 is 0 Å². The Morgan fingerprint density at radius 2 is 1.66 bits per heavy atom. The number of benzene rings is 2. The Hall–Kier alpha value is -2.42. The monoisotopic (exact) mass is 417 g/mol. The second-order valence-corrected chi connectivity index (χ2v) is 8.99. The predicted octanol–water partition coefficient (Wildman–Crippen LogP) is 2.42. The molecular formula is C21H27N3O4S. The summed E-state index contributed by atoms with van der Waals surface area (Å²) in [7, 11) is -1.54. The maximum absolute atomic E-state index is 12.8. The number of piperazine rings is 1. The van der Waals surface area contributed by atoms with Crippen molar-refractivity contribution in [1.29, 1.82) is 0 Å². The number of para-hydroxylation sites is 1. The molecule has 29 heavy (non-hydrogen) atoms. The second-order valence-electron chi connectivity index (χ2n) is 7.05. The van der Waals surface area contributed by atoms with Crippen LogP contribution in [0, 0.1) is 0 Å². The molecule has 0 aliphatic carbocycles. The number of rotatable bonds is 7. The van der Waals surface area contributed by atoms with E-state index in [-0.39, 0.29) is 10.8 Å². The van der Waals surface area contributed by atoms with Gasteiger partial charge in [-0.25, -0.2) is 8.42 Å². The summed E-state index contributed by atoms with van der Waals surface area (Å²) in [6.07, 6.45) is -0.123. The summed E-state index contributed by atoms with van der Waals surface area (Å²) in [5.74, 6) is 0.356. The first-order valence-corrected chi connectivity index (χ1v) is 11.2. The van der Waals surface area contributed by atoms with Crippen LogP contribution in [0.5, 0.6) is 5.75 Å². The third-order valence-electron chi connectivity index (χ3n) is 4.91. The third kappa shape index (κ3) is 5.35. The molecule has 1 atom stereocenters. The molecule has 1 N–H and O–H groups in total. The van der Waals surface area contributed by atoms with Gasteiger partial charge in [0.1, 0.15) is 5.75 Å². The Morgan fingerprint density at radius 3 is 2.24 bits per heavy atom. The van der Waals surface area contributed by atoms with Crippen LogP contribution in [0.1, 0.15) is 13.3 Å². The lowest BCUT2D eigenvalue weighted by atomic mass is 10.2. The van der Waals surface area contributed by atoms with Gasteiger partial charge in [-0.05, 0) is 49.9 Å². The van der Waals surface area contributed by atoms with Gasteiger partial charge in [0.15, 0.2) is 6.10 Å². The van der Waals surface area contributed by atoms with Crippen LogP contribution in [0.3, 0.4) is 0 Å². The average Bonchev–Trinajstić information content (AvgIpc) is 2.73. The summed E-state index contributed by atoms with van der Waals surface area (Å²) in [5, 5.41) is 2.80. The van der Waals surface area contributed by atoms with Gasteiger partial charge in [0.2, 0.25) is 10.0 Å². The molecule has 1 aliphatic heterocycles. The molecule has 0 spiro atoms. The van der Waals surface area contributed by atoms with Gasteiger partial charge in [0, 0.05) is 31.9 Å². The van der Waals surface area contributed by atoms with Crippen molar-refractivity contribution in [3.05, 3.63) is 54.6 Å². The highest BCUT2D eigenvalue weighted by atomic mass is 32.2. The van der Waals surface area contributed by atoms with E-state index in [1.807, 2.05) is 32.2 Å². The first-order valence-electron chi connectivity index (χ1n) is 9.71. The van der Waals surface area contributed by atoms with Gasteiger partial charge in [-0.1, -0.05) is 25.1 Å². The van der Waals surface area contributed by atoms with Crippen molar-refractivity contribution in [1.82, 2.24) is 9.21 Å². The van der Waals surface area contributed by atoms with E-state index < -0.39 is 16.1 Å². The molecule has 1 fully saturated rings. The van der Waals surface area contributed by atoms with E-state index >= 15 is 0 Å². The molecule has 0 radical (unpaired) electrons. The molecule has 1 saturated heterocycles. The summed E-state index contributed by atoms with van der Waals surface area (Å²) in [6.45, 7) is 4.26. The number of hydrogen-bond donors (Lipinski definition) is 1.